The second-order valence-corrected chi connectivity index (χ2v) is 7.17. The van der Waals surface area contributed by atoms with Crippen molar-refractivity contribution in [1.82, 2.24) is 15.5 Å². The quantitative estimate of drug-likeness (QED) is 0.776. The van der Waals surface area contributed by atoms with Crippen LogP contribution in [0, 0.1) is 5.92 Å². The number of amides is 1. The molecule has 2 heterocycles. The highest BCUT2D eigenvalue weighted by atomic mass is 32.2. The summed E-state index contributed by atoms with van der Waals surface area (Å²) in [7, 11) is 0. The Kier molecular flexibility index (Phi) is 7.17. The molecule has 0 spiro atoms. The van der Waals surface area contributed by atoms with Gasteiger partial charge in [-0.1, -0.05) is 6.92 Å². The topological polar surface area (TPSA) is 44.4 Å². The van der Waals surface area contributed by atoms with Gasteiger partial charge in [0, 0.05) is 37.1 Å². The highest BCUT2D eigenvalue weighted by Crippen LogP contribution is 2.16. The summed E-state index contributed by atoms with van der Waals surface area (Å²) >= 11 is 1.95. The molecule has 20 heavy (non-hydrogen) atoms. The van der Waals surface area contributed by atoms with E-state index >= 15 is 0 Å². The number of hydrogen-bond donors (Lipinski definition) is 2. The lowest BCUT2D eigenvalue weighted by molar-refractivity contribution is -0.121. The van der Waals surface area contributed by atoms with E-state index in [1.54, 1.807) is 0 Å². The van der Waals surface area contributed by atoms with Crippen molar-refractivity contribution in [1.29, 1.82) is 0 Å². The normalized spacial score (nSPS) is 25.6. The Bertz CT molecular complexity index is 287. The lowest BCUT2D eigenvalue weighted by Crippen LogP contribution is -2.43. The zero-order valence-corrected chi connectivity index (χ0v) is 13.5. The third-order valence-corrected chi connectivity index (χ3v) is 5.40. The van der Waals surface area contributed by atoms with Crippen molar-refractivity contribution in [2.75, 3.05) is 44.2 Å². The highest BCUT2D eigenvalue weighted by Gasteiger charge is 2.20. The van der Waals surface area contributed by atoms with Crippen LogP contribution < -0.4 is 10.6 Å². The largest absolute Gasteiger partial charge is 0.356 e. The first kappa shape index (κ1) is 16.1. The van der Waals surface area contributed by atoms with Gasteiger partial charge in [0.1, 0.15) is 0 Å². The lowest BCUT2D eigenvalue weighted by Gasteiger charge is -2.31. The standard InChI is InChI=1S/C15H29N3OS/c1-2-6-18-7-3-13(4-8-18)11-17-15(19)10-14-12-20-9-5-16-14/h13-14,16H,2-12H2,1H3,(H,17,19). The Morgan fingerprint density at radius 1 is 1.40 bits per heavy atom. The molecule has 2 aliphatic rings. The molecule has 4 nitrogen and oxygen atoms in total. The van der Waals surface area contributed by atoms with Gasteiger partial charge in [0.05, 0.1) is 0 Å². The molecule has 1 unspecified atom stereocenters. The van der Waals surface area contributed by atoms with Crippen LogP contribution in [0.2, 0.25) is 0 Å². The first-order valence-corrected chi connectivity index (χ1v) is 9.23. The van der Waals surface area contributed by atoms with Gasteiger partial charge < -0.3 is 15.5 Å². The number of likely N-dealkylation sites (tertiary alicyclic amines) is 1. The first-order valence-electron chi connectivity index (χ1n) is 8.08. The summed E-state index contributed by atoms with van der Waals surface area (Å²) in [6.07, 6.45) is 4.35. The van der Waals surface area contributed by atoms with Crippen LogP contribution in [0.25, 0.3) is 0 Å². The van der Waals surface area contributed by atoms with E-state index in [1.807, 2.05) is 11.8 Å². The average Bonchev–Trinajstić information content (AvgIpc) is 2.48. The van der Waals surface area contributed by atoms with Gasteiger partial charge in [-0.3, -0.25) is 4.79 Å². The van der Waals surface area contributed by atoms with Crippen LogP contribution >= 0.6 is 11.8 Å². The molecule has 2 saturated heterocycles. The molecule has 0 bridgehead atoms. The van der Waals surface area contributed by atoms with Gasteiger partial charge in [-0.05, 0) is 44.8 Å². The Morgan fingerprint density at radius 2 is 2.20 bits per heavy atom. The fraction of sp³-hybridized carbons (Fsp3) is 0.933. The van der Waals surface area contributed by atoms with Crippen molar-refractivity contribution in [2.24, 2.45) is 5.92 Å². The molecule has 0 aromatic rings. The Balaban J connectivity index is 1.57. The van der Waals surface area contributed by atoms with Gasteiger partial charge in [-0.25, -0.2) is 0 Å². The van der Waals surface area contributed by atoms with E-state index in [9.17, 15) is 4.79 Å². The molecule has 2 rings (SSSR count). The molecular formula is C15H29N3OS. The van der Waals surface area contributed by atoms with Crippen molar-refractivity contribution >= 4 is 17.7 Å². The smallest absolute Gasteiger partial charge is 0.221 e. The number of nitrogens with zero attached hydrogens (tertiary/aromatic N) is 1. The summed E-state index contributed by atoms with van der Waals surface area (Å²) in [5.74, 6) is 3.15. The molecule has 1 amide bonds. The molecule has 2 N–H and O–H groups in total. The summed E-state index contributed by atoms with van der Waals surface area (Å²) in [6, 6.07) is 0.375. The predicted molar refractivity (Wildman–Crippen MR) is 86.2 cm³/mol. The van der Waals surface area contributed by atoms with Crippen LogP contribution in [0.4, 0.5) is 0 Å². The second kappa shape index (κ2) is 8.90. The van der Waals surface area contributed by atoms with Crippen molar-refractivity contribution in [3.8, 4) is 0 Å². The van der Waals surface area contributed by atoms with Crippen molar-refractivity contribution in [2.45, 2.75) is 38.6 Å². The number of nitrogens with one attached hydrogen (secondary N) is 2. The van der Waals surface area contributed by atoms with Gasteiger partial charge in [0.2, 0.25) is 5.91 Å². The fourth-order valence-corrected chi connectivity index (χ4v) is 3.98. The molecular weight excluding hydrogens is 270 g/mol. The highest BCUT2D eigenvalue weighted by molar-refractivity contribution is 7.99. The minimum Gasteiger partial charge on any atom is -0.356 e. The zero-order chi connectivity index (χ0) is 14.2. The molecule has 0 aliphatic carbocycles. The molecule has 0 radical (unpaired) electrons. The van der Waals surface area contributed by atoms with E-state index in [1.165, 1.54) is 44.6 Å². The fourth-order valence-electron chi connectivity index (χ4n) is 3.04. The van der Waals surface area contributed by atoms with E-state index in [4.69, 9.17) is 0 Å². The van der Waals surface area contributed by atoms with Crippen molar-refractivity contribution in [3.63, 3.8) is 0 Å². The maximum Gasteiger partial charge on any atom is 0.221 e. The van der Waals surface area contributed by atoms with Crippen LogP contribution in [0.15, 0.2) is 0 Å². The van der Waals surface area contributed by atoms with Gasteiger partial charge >= 0.3 is 0 Å². The first-order chi connectivity index (χ1) is 9.78. The minimum atomic E-state index is 0.223. The molecule has 2 aliphatic heterocycles. The third-order valence-electron chi connectivity index (χ3n) is 4.27. The van der Waals surface area contributed by atoms with Gasteiger partial charge in [-0.15, -0.1) is 0 Å². The van der Waals surface area contributed by atoms with E-state index in [0.29, 0.717) is 18.4 Å². The van der Waals surface area contributed by atoms with E-state index < -0.39 is 0 Å². The van der Waals surface area contributed by atoms with Crippen molar-refractivity contribution < 1.29 is 4.79 Å². The van der Waals surface area contributed by atoms with Crippen molar-refractivity contribution in [3.05, 3.63) is 0 Å². The number of piperidine rings is 1. The van der Waals surface area contributed by atoms with E-state index in [0.717, 1.165) is 18.8 Å². The average molecular weight is 299 g/mol. The Morgan fingerprint density at radius 3 is 2.85 bits per heavy atom. The van der Waals surface area contributed by atoms with E-state index in [-0.39, 0.29) is 5.91 Å². The molecule has 116 valence electrons. The Labute approximate surface area is 127 Å². The SMILES string of the molecule is CCCN1CCC(CNC(=O)CC2CSCCN2)CC1. The molecule has 1 atom stereocenters. The van der Waals surface area contributed by atoms with Crippen LogP contribution in [-0.4, -0.2) is 61.1 Å². The number of thioether (sulfide) groups is 1. The van der Waals surface area contributed by atoms with E-state index in [2.05, 4.69) is 22.5 Å². The number of rotatable bonds is 6. The Hall–Kier alpha value is -0.260. The molecule has 0 aromatic carbocycles. The van der Waals surface area contributed by atoms with Crippen LogP contribution in [0.3, 0.4) is 0 Å². The van der Waals surface area contributed by atoms with Crippen LogP contribution in [-0.2, 0) is 4.79 Å². The van der Waals surface area contributed by atoms with Crippen LogP contribution in [0.5, 0.6) is 0 Å². The summed E-state index contributed by atoms with van der Waals surface area (Å²) in [5, 5.41) is 6.56. The second-order valence-electron chi connectivity index (χ2n) is 6.02. The maximum absolute atomic E-state index is 11.9. The molecule has 2 fully saturated rings. The molecule has 0 aromatic heterocycles. The summed E-state index contributed by atoms with van der Waals surface area (Å²) in [6.45, 7) is 7.79. The number of hydrogen-bond acceptors (Lipinski definition) is 4. The van der Waals surface area contributed by atoms with Crippen LogP contribution in [0.1, 0.15) is 32.6 Å². The third kappa shape index (κ3) is 5.62. The summed E-state index contributed by atoms with van der Waals surface area (Å²) < 4.78 is 0. The van der Waals surface area contributed by atoms with Gasteiger partial charge in [-0.2, -0.15) is 11.8 Å². The minimum absolute atomic E-state index is 0.223. The zero-order valence-electron chi connectivity index (χ0n) is 12.7. The predicted octanol–water partition coefficient (Wildman–Crippen LogP) is 1.32. The van der Waals surface area contributed by atoms with Gasteiger partial charge in [0.25, 0.3) is 0 Å². The molecule has 5 heteroatoms. The van der Waals surface area contributed by atoms with Gasteiger partial charge in [0.15, 0.2) is 0 Å². The lowest BCUT2D eigenvalue weighted by atomic mass is 9.96. The maximum atomic E-state index is 11.9. The summed E-state index contributed by atoms with van der Waals surface area (Å²) in [5.41, 5.74) is 0. The molecule has 0 saturated carbocycles. The summed E-state index contributed by atoms with van der Waals surface area (Å²) in [4.78, 5) is 14.5. The number of carbonyl (C=O) groups is 1. The number of carbonyl (C=O) groups excluding carboxylic acids is 1. The monoisotopic (exact) mass is 299 g/mol.